The van der Waals surface area contributed by atoms with E-state index in [1.54, 1.807) is 0 Å². The molecule has 88 valence electrons. The highest BCUT2D eigenvalue weighted by Gasteiger charge is 2.21. The van der Waals surface area contributed by atoms with Crippen LogP contribution < -0.4 is 5.32 Å². The molecule has 1 saturated heterocycles. The number of hydrogen-bond donors (Lipinski definition) is 1. The molecule has 0 saturated carbocycles. The number of rotatable bonds is 6. The zero-order valence-electron chi connectivity index (χ0n) is 10.2. The summed E-state index contributed by atoms with van der Waals surface area (Å²) in [6.45, 7) is 6.52. The van der Waals surface area contributed by atoms with E-state index in [1.165, 1.54) is 12.8 Å². The molecular formula is C13H25NO. The summed E-state index contributed by atoms with van der Waals surface area (Å²) in [4.78, 5) is 11.8. The Kier molecular flexibility index (Phi) is 5.92. The molecule has 2 nitrogen and oxygen atoms in total. The van der Waals surface area contributed by atoms with Gasteiger partial charge in [0.25, 0.3) is 0 Å². The first-order valence-electron chi connectivity index (χ1n) is 6.51. The lowest BCUT2D eigenvalue weighted by atomic mass is 9.84. The summed E-state index contributed by atoms with van der Waals surface area (Å²) in [6, 6.07) is 0. The second-order valence-corrected chi connectivity index (χ2v) is 4.77. The Hall–Kier alpha value is -0.370. The van der Waals surface area contributed by atoms with Crippen molar-refractivity contribution in [2.45, 2.75) is 52.4 Å². The summed E-state index contributed by atoms with van der Waals surface area (Å²) in [6.07, 6.45) is 6.50. The molecule has 0 radical (unpaired) electrons. The van der Waals surface area contributed by atoms with E-state index in [0.29, 0.717) is 11.7 Å². The van der Waals surface area contributed by atoms with Gasteiger partial charge in [0.1, 0.15) is 5.78 Å². The highest BCUT2D eigenvalue weighted by atomic mass is 16.1. The van der Waals surface area contributed by atoms with Crippen LogP contribution in [0.3, 0.4) is 0 Å². The average molecular weight is 211 g/mol. The van der Waals surface area contributed by atoms with Crippen LogP contribution in [-0.2, 0) is 4.79 Å². The van der Waals surface area contributed by atoms with E-state index in [9.17, 15) is 4.79 Å². The van der Waals surface area contributed by atoms with Gasteiger partial charge in [-0.3, -0.25) is 4.79 Å². The van der Waals surface area contributed by atoms with Crippen molar-refractivity contribution >= 4 is 5.78 Å². The zero-order valence-corrected chi connectivity index (χ0v) is 10.2. The quantitative estimate of drug-likeness (QED) is 0.732. The minimum Gasteiger partial charge on any atom is -0.316 e. The van der Waals surface area contributed by atoms with Crippen molar-refractivity contribution in [3.63, 3.8) is 0 Å². The van der Waals surface area contributed by atoms with E-state index >= 15 is 0 Å². The van der Waals surface area contributed by atoms with Gasteiger partial charge >= 0.3 is 0 Å². The van der Waals surface area contributed by atoms with Crippen molar-refractivity contribution in [3.8, 4) is 0 Å². The SMILES string of the molecule is CCCC(=O)C(CC)CC1CCCNC1. The first-order valence-corrected chi connectivity index (χ1v) is 6.51. The number of Topliss-reactive ketones (excluding diaryl/α,β-unsaturated/α-hetero) is 1. The fourth-order valence-corrected chi connectivity index (χ4v) is 2.50. The van der Waals surface area contributed by atoms with E-state index in [-0.39, 0.29) is 0 Å². The Labute approximate surface area is 93.8 Å². The van der Waals surface area contributed by atoms with Crippen LogP contribution in [0.25, 0.3) is 0 Å². The molecule has 0 aromatic rings. The second kappa shape index (κ2) is 7.00. The molecule has 0 aliphatic carbocycles. The third-order valence-electron chi connectivity index (χ3n) is 3.46. The molecule has 1 aliphatic heterocycles. The lowest BCUT2D eigenvalue weighted by molar-refractivity contribution is -0.123. The molecule has 15 heavy (non-hydrogen) atoms. The Morgan fingerprint density at radius 3 is 2.80 bits per heavy atom. The number of hydrogen-bond acceptors (Lipinski definition) is 2. The smallest absolute Gasteiger partial charge is 0.135 e. The highest BCUT2D eigenvalue weighted by molar-refractivity contribution is 5.80. The van der Waals surface area contributed by atoms with Crippen LogP contribution in [0.4, 0.5) is 0 Å². The van der Waals surface area contributed by atoms with Crippen molar-refractivity contribution in [3.05, 3.63) is 0 Å². The monoisotopic (exact) mass is 211 g/mol. The molecule has 2 atom stereocenters. The Bertz CT molecular complexity index is 185. The maximum Gasteiger partial charge on any atom is 0.135 e. The van der Waals surface area contributed by atoms with Crippen LogP contribution in [0.1, 0.15) is 52.4 Å². The normalized spacial score (nSPS) is 23.7. The third kappa shape index (κ3) is 4.33. The maximum atomic E-state index is 11.8. The van der Waals surface area contributed by atoms with Gasteiger partial charge < -0.3 is 5.32 Å². The second-order valence-electron chi connectivity index (χ2n) is 4.77. The number of piperidine rings is 1. The molecule has 0 bridgehead atoms. The maximum absolute atomic E-state index is 11.8. The molecule has 0 aromatic carbocycles. The summed E-state index contributed by atoms with van der Waals surface area (Å²) < 4.78 is 0. The molecular weight excluding hydrogens is 186 g/mol. The van der Waals surface area contributed by atoms with Gasteiger partial charge in [-0.1, -0.05) is 13.8 Å². The molecule has 1 aliphatic rings. The first-order chi connectivity index (χ1) is 7.27. The molecule has 1 fully saturated rings. The van der Waals surface area contributed by atoms with Gasteiger partial charge in [-0.25, -0.2) is 0 Å². The largest absolute Gasteiger partial charge is 0.316 e. The Balaban J connectivity index is 2.34. The lowest BCUT2D eigenvalue weighted by Crippen LogP contribution is -2.32. The van der Waals surface area contributed by atoms with Gasteiger partial charge in [0.15, 0.2) is 0 Å². The Morgan fingerprint density at radius 2 is 2.27 bits per heavy atom. The number of carbonyl (C=O) groups excluding carboxylic acids is 1. The summed E-state index contributed by atoms with van der Waals surface area (Å²) in [5.41, 5.74) is 0. The summed E-state index contributed by atoms with van der Waals surface area (Å²) in [5, 5.41) is 3.42. The van der Waals surface area contributed by atoms with Crippen LogP contribution in [0, 0.1) is 11.8 Å². The number of ketones is 1. The molecule has 0 spiro atoms. The van der Waals surface area contributed by atoms with Crippen LogP contribution in [-0.4, -0.2) is 18.9 Å². The van der Waals surface area contributed by atoms with E-state index in [1.807, 2.05) is 0 Å². The van der Waals surface area contributed by atoms with Crippen LogP contribution in [0.2, 0.25) is 0 Å². The predicted octanol–water partition coefficient (Wildman–Crippen LogP) is 2.77. The van der Waals surface area contributed by atoms with Crippen molar-refractivity contribution in [1.29, 1.82) is 0 Å². The van der Waals surface area contributed by atoms with Gasteiger partial charge in [0.2, 0.25) is 0 Å². The molecule has 0 amide bonds. The molecule has 2 unspecified atom stereocenters. The topological polar surface area (TPSA) is 29.1 Å². The molecule has 1 N–H and O–H groups in total. The summed E-state index contributed by atoms with van der Waals surface area (Å²) in [7, 11) is 0. The van der Waals surface area contributed by atoms with E-state index in [4.69, 9.17) is 0 Å². The van der Waals surface area contributed by atoms with Crippen LogP contribution in [0.5, 0.6) is 0 Å². The summed E-state index contributed by atoms with van der Waals surface area (Å²) >= 11 is 0. The van der Waals surface area contributed by atoms with E-state index in [2.05, 4.69) is 19.2 Å². The van der Waals surface area contributed by atoms with E-state index in [0.717, 1.165) is 44.7 Å². The minimum atomic E-state index is 0.329. The third-order valence-corrected chi connectivity index (χ3v) is 3.46. The molecule has 1 heterocycles. The van der Waals surface area contributed by atoms with Gasteiger partial charge in [0.05, 0.1) is 0 Å². The molecule has 2 heteroatoms. The average Bonchev–Trinajstić information content (AvgIpc) is 2.27. The number of nitrogens with one attached hydrogen (secondary N) is 1. The lowest BCUT2D eigenvalue weighted by Gasteiger charge is -2.26. The molecule has 1 rings (SSSR count). The first kappa shape index (κ1) is 12.7. The predicted molar refractivity (Wildman–Crippen MR) is 63.9 cm³/mol. The highest BCUT2D eigenvalue weighted by Crippen LogP contribution is 2.23. The van der Waals surface area contributed by atoms with Crippen LogP contribution in [0.15, 0.2) is 0 Å². The van der Waals surface area contributed by atoms with E-state index < -0.39 is 0 Å². The van der Waals surface area contributed by atoms with Gasteiger partial charge in [-0.15, -0.1) is 0 Å². The van der Waals surface area contributed by atoms with Crippen molar-refractivity contribution < 1.29 is 4.79 Å². The molecule has 0 aromatic heterocycles. The van der Waals surface area contributed by atoms with Gasteiger partial charge in [-0.05, 0) is 51.1 Å². The fourth-order valence-electron chi connectivity index (χ4n) is 2.50. The standard InChI is InChI=1S/C13H25NO/c1-3-6-13(15)12(4-2)9-11-7-5-8-14-10-11/h11-12,14H,3-10H2,1-2H3. The zero-order chi connectivity index (χ0) is 11.1. The Morgan fingerprint density at radius 1 is 1.47 bits per heavy atom. The van der Waals surface area contributed by atoms with Crippen molar-refractivity contribution in [2.24, 2.45) is 11.8 Å². The van der Waals surface area contributed by atoms with Crippen molar-refractivity contribution in [2.75, 3.05) is 13.1 Å². The van der Waals surface area contributed by atoms with Crippen molar-refractivity contribution in [1.82, 2.24) is 5.32 Å². The fraction of sp³-hybridized carbons (Fsp3) is 0.923. The van der Waals surface area contributed by atoms with Gasteiger partial charge in [0, 0.05) is 12.3 Å². The minimum absolute atomic E-state index is 0.329. The number of carbonyl (C=O) groups is 1. The summed E-state index contributed by atoms with van der Waals surface area (Å²) in [5.74, 6) is 1.56. The van der Waals surface area contributed by atoms with Crippen LogP contribution >= 0.6 is 0 Å². The van der Waals surface area contributed by atoms with Gasteiger partial charge in [-0.2, -0.15) is 0 Å².